The molecule has 0 unspecified atom stereocenters. The van der Waals surface area contributed by atoms with E-state index in [1.165, 1.54) is 30.4 Å². The number of benzene rings is 8. The summed E-state index contributed by atoms with van der Waals surface area (Å²) in [5, 5.41) is 4.78. The lowest BCUT2D eigenvalue weighted by atomic mass is 9.65. The second-order valence-corrected chi connectivity index (χ2v) is 18.6. The molecule has 9 aromatic rings. The van der Waals surface area contributed by atoms with Crippen molar-refractivity contribution in [3.63, 3.8) is 0 Å². The van der Waals surface area contributed by atoms with Crippen LogP contribution < -0.4 is 15.9 Å². The molecule has 0 spiro atoms. The normalized spacial score (nSPS) is 13.9. The van der Waals surface area contributed by atoms with Crippen LogP contribution in [0.15, 0.2) is 206 Å². The van der Waals surface area contributed by atoms with Gasteiger partial charge in [0.25, 0.3) is 0 Å². The summed E-state index contributed by atoms with van der Waals surface area (Å²) in [4.78, 5) is 15.2. The van der Waals surface area contributed by atoms with Gasteiger partial charge in [0, 0.05) is 38.0 Å². The van der Waals surface area contributed by atoms with E-state index >= 15 is 4.57 Å². The predicted octanol–water partition coefficient (Wildman–Crippen LogP) is 12.6. The Labute approximate surface area is 352 Å². The molecule has 1 saturated carbocycles. The molecule has 0 aliphatic heterocycles. The highest BCUT2D eigenvalue weighted by atomic mass is 31.2. The van der Waals surface area contributed by atoms with Crippen LogP contribution in [0.25, 0.3) is 56.1 Å². The van der Waals surface area contributed by atoms with E-state index in [0.29, 0.717) is 17.5 Å². The fraction of sp³-hybridized carbons (Fsp3) is 0.109. The minimum atomic E-state index is -3.09. The standard InChI is InChI=1S/C55H44N3OP/c59-60(47-22-7-2-8-23-47,48-24-9-3-10-25-48)49-26-15-21-44(39-49)40-29-33-45(34-30-40)55(37-13-4-14-38-55)46-35-31-43(32-36-46)53-56-52(42-18-5-1-6-19-42)57-54(58-53)51-28-16-20-41-17-11-12-27-50(41)51/h1-3,5-12,15-36,39H,4,13-14,37-38H2. The number of hydrogen-bond donors (Lipinski definition) is 0. The third kappa shape index (κ3) is 6.97. The van der Waals surface area contributed by atoms with Gasteiger partial charge in [0.15, 0.2) is 24.6 Å². The number of aromatic nitrogens is 3. The minimum absolute atomic E-state index is 0.101. The maximum Gasteiger partial charge on any atom is 0.171 e. The van der Waals surface area contributed by atoms with E-state index < -0.39 is 7.14 Å². The lowest BCUT2D eigenvalue weighted by Crippen LogP contribution is -2.30. The van der Waals surface area contributed by atoms with E-state index in [-0.39, 0.29) is 5.41 Å². The molecule has 4 nitrogen and oxygen atoms in total. The molecule has 5 heteroatoms. The molecular weight excluding hydrogens is 750 g/mol. The van der Waals surface area contributed by atoms with Gasteiger partial charge in [-0.3, -0.25) is 0 Å². The Morgan fingerprint density at radius 3 is 1.48 bits per heavy atom. The van der Waals surface area contributed by atoms with Crippen molar-refractivity contribution in [3.8, 4) is 45.3 Å². The molecule has 0 radical (unpaired) electrons. The molecule has 0 bridgehead atoms. The summed E-state index contributed by atoms with van der Waals surface area (Å²) in [5.41, 5.74) is 7.63. The highest BCUT2D eigenvalue weighted by molar-refractivity contribution is 7.85. The van der Waals surface area contributed by atoms with Crippen molar-refractivity contribution in [2.24, 2.45) is 0 Å². The van der Waals surface area contributed by atoms with Crippen LogP contribution in [0.1, 0.15) is 43.2 Å². The highest BCUT2D eigenvalue weighted by Crippen LogP contribution is 2.46. The first-order chi connectivity index (χ1) is 29.6. The molecule has 1 aliphatic carbocycles. The molecule has 1 fully saturated rings. The van der Waals surface area contributed by atoms with E-state index in [4.69, 9.17) is 15.0 Å². The fourth-order valence-corrected chi connectivity index (χ4v) is 11.9. The third-order valence-corrected chi connectivity index (χ3v) is 15.4. The lowest BCUT2D eigenvalue weighted by molar-refractivity contribution is 0.346. The van der Waals surface area contributed by atoms with Gasteiger partial charge in [-0.1, -0.05) is 219 Å². The van der Waals surface area contributed by atoms with Crippen LogP contribution in [-0.4, -0.2) is 15.0 Å². The van der Waals surface area contributed by atoms with E-state index in [2.05, 4.69) is 115 Å². The Morgan fingerprint density at radius 1 is 0.383 bits per heavy atom. The predicted molar refractivity (Wildman–Crippen MR) is 249 cm³/mol. The average Bonchev–Trinajstić information content (AvgIpc) is 3.34. The minimum Gasteiger partial charge on any atom is -0.309 e. The average molecular weight is 794 g/mol. The van der Waals surface area contributed by atoms with E-state index in [1.807, 2.05) is 91.0 Å². The first-order valence-electron chi connectivity index (χ1n) is 20.9. The third-order valence-electron chi connectivity index (χ3n) is 12.3. The maximum atomic E-state index is 15.2. The van der Waals surface area contributed by atoms with Crippen molar-refractivity contribution in [2.45, 2.75) is 37.5 Å². The van der Waals surface area contributed by atoms with Crippen molar-refractivity contribution in [2.75, 3.05) is 0 Å². The van der Waals surface area contributed by atoms with Gasteiger partial charge in [-0.05, 0) is 51.9 Å². The molecule has 8 aromatic carbocycles. The lowest BCUT2D eigenvalue weighted by Gasteiger charge is -2.39. The van der Waals surface area contributed by atoms with Gasteiger partial charge in [-0.25, -0.2) is 15.0 Å². The molecule has 0 atom stereocenters. The van der Waals surface area contributed by atoms with Gasteiger partial charge >= 0.3 is 0 Å². The number of rotatable bonds is 9. The Morgan fingerprint density at radius 2 is 0.850 bits per heavy atom. The molecule has 0 amide bonds. The molecule has 1 heterocycles. The monoisotopic (exact) mass is 793 g/mol. The second kappa shape index (κ2) is 16.1. The SMILES string of the molecule is O=P(c1ccccc1)(c1ccccc1)c1cccc(-c2ccc(C3(c4ccc(-c5nc(-c6ccccc6)nc(-c6cccc7ccccc67)n5)cc4)CCCCC3)cc2)c1. The summed E-state index contributed by atoms with van der Waals surface area (Å²) in [6.45, 7) is 0. The van der Waals surface area contributed by atoms with E-state index in [9.17, 15) is 0 Å². The van der Waals surface area contributed by atoms with Gasteiger partial charge in [-0.15, -0.1) is 0 Å². The van der Waals surface area contributed by atoms with Crippen LogP contribution in [0.2, 0.25) is 0 Å². The summed E-state index contributed by atoms with van der Waals surface area (Å²) >= 11 is 0. The summed E-state index contributed by atoms with van der Waals surface area (Å²) in [5.74, 6) is 1.98. The summed E-state index contributed by atoms with van der Waals surface area (Å²) in [7, 11) is -3.09. The van der Waals surface area contributed by atoms with Gasteiger partial charge in [0.1, 0.15) is 0 Å². The van der Waals surface area contributed by atoms with Gasteiger partial charge < -0.3 is 4.57 Å². The maximum absolute atomic E-state index is 15.2. The second-order valence-electron chi connectivity index (χ2n) is 15.8. The Kier molecular flexibility index (Phi) is 10.1. The van der Waals surface area contributed by atoms with Gasteiger partial charge in [0.2, 0.25) is 0 Å². The van der Waals surface area contributed by atoms with Crippen LogP contribution in [-0.2, 0) is 9.98 Å². The van der Waals surface area contributed by atoms with Gasteiger partial charge in [-0.2, -0.15) is 0 Å². The summed E-state index contributed by atoms with van der Waals surface area (Å²) in [6, 6.07) is 71.1. The van der Waals surface area contributed by atoms with Gasteiger partial charge in [0.05, 0.1) is 0 Å². The first kappa shape index (κ1) is 37.5. The summed E-state index contributed by atoms with van der Waals surface area (Å²) < 4.78 is 15.2. The van der Waals surface area contributed by atoms with E-state index in [0.717, 1.165) is 67.3 Å². The molecule has 1 aromatic heterocycles. The smallest absolute Gasteiger partial charge is 0.171 e. The van der Waals surface area contributed by atoms with Crippen LogP contribution in [0.5, 0.6) is 0 Å². The fourth-order valence-electron chi connectivity index (χ4n) is 9.19. The zero-order valence-electron chi connectivity index (χ0n) is 33.4. The Balaban J connectivity index is 0.997. The molecule has 60 heavy (non-hydrogen) atoms. The molecule has 0 saturated heterocycles. The van der Waals surface area contributed by atoms with E-state index in [1.54, 1.807) is 0 Å². The zero-order valence-corrected chi connectivity index (χ0v) is 34.3. The first-order valence-corrected chi connectivity index (χ1v) is 22.6. The number of fused-ring (bicyclic) bond motifs is 1. The quantitative estimate of drug-likeness (QED) is 0.137. The van der Waals surface area contributed by atoms with Crippen LogP contribution in [0.3, 0.4) is 0 Å². The molecule has 10 rings (SSSR count). The molecule has 290 valence electrons. The van der Waals surface area contributed by atoms with Crippen LogP contribution in [0.4, 0.5) is 0 Å². The molecular formula is C55H44N3OP. The number of nitrogens with zero attached hydrogens (tertiary/aromatic N) is 3. The Bertz CT molecular complexity index is 2910. The number of hydrogen-bond acceptors (Lipinski definition) is 4. The summed E-state index contributed by atoms with van der Waals surface area (Å²) in [6.07, 6.45) is 5.79. The van der Waals surface area contributed by atoms with Crippen molar-refractivity contribution in [1.29, 1.82) is 0 Å². The highest BCUT2D eigenvalue weighted by Gasteiger charge is 2.36. The zero-order chi connectivity index (χ0) is 40.4. The van der Waals surface area contributed by atoms with Crippen LogP contribution >= 0.6 is 7.14 Å². The molecule has 0 N–H and O–H groups in total. The Hall–Kier alpha value is -6.74. The van der Waals surface area contributed by atoms with Crippen molar-refractivity contribution < 1.29 is 4.57 Å². The van der Waals surface area contributed by atoms with Crippen molar-refractivity contribution in [1.82, 2.24) is 15.0 Å². The topological polar surface area (TPSA) is 55.7 Å². The van der Waals surface area contributed by atoms with Crippen LogP contribution in [0, 0.1) is 0 Å². The van der Waals surface area contributed by atoms with Crippen molar-refractivity contribution in [3.05, 3.63) is 217 Å². The van der Waals surface area contributed by atoms with Crippen molar-refractivity contribution >= 4 is 33.8 Å². The molecule has 1 aliphatic rings. The largest absolute Gasteiger partial charge is 0.309 e.